The summed E-state index contributed by atoms with van der Waals surface area (Å²) in [4.78, 5) is 14.7. The number of aromatic nitrogens is 3. The van der Waals surface area contributed by atoms with Crippen molar-refractivity contribution in [2.75, 3.05) is 10.5 Å². The predicted octanol–water partition coefficient (Wildman–Crippen LogP) is 5.89. The number of aryl methyl sites for hydroxylation is 1. The van der Waals surface area contributed by atoms with Crippen LogP contribution >= 0.6 is 11.3 Å². The van der Waals surface area contributed by atoms with E-state index < -0.39 is 22.4 Å². The van der Waals surface area contributed by atoms with Gasteiger partial charge in [0.05, 0.1) is 32.6 Å². The molecule has 0 fully saturated rings. The molecule has 0 bridgehead atoms. The second-order valence-electron chi connectivity index (χ2n) is 9.94. The number of benzene rings is 1. The van der Waals surface area contributed by atoms with Crippen molar-refractivity contribution in [2.24, 2.45) is 0 Å². The van der Waals surface area contributed by atoms with E-state index in [0.29, 0.717) is 41.4 Å². The lowest BCUT2D eigenvalue weighted by Crippen LogP contribution is -2.19. The Bertz CT molecular complexity index is 1170. The van der Waals surface area contributed by atoms with Crippen molar-refractivity contribution in [3.8, 4) is 21.8 Å². The third-order valence-corrected chi connectivity index (χ3v) is 7.76. The molecular weight excluding hydrogens is 471 g/mol. The first-order chi connectivity index (χ1) is 15.9. The number of rotatable bonds is 9. The first kappa shape index (κ1) is 26.4. The molecule has 0 spiro atoms. The highest BCUT2D eigenvalue weighted by Gasteiger charge is 2.26. The number of nitrogens with zero attached hydrogens (tertiary/aromatic N) is 3. The van der Waals surface area contributed by atoms with E-state index in [0.717, 1.165) is 16.3 Å². The molecule has 0 saturated heterocycles. The summed E-state index contributed by atoms with van der Waals surface area (Å²) in [6.45, 7) is 11.6. The van der Waals surface area contributed by atoms with Gasteiger partial charge < -0.3 is 9.83 Å². The van der Waals surface area contributed by atoms with Crippen molar-refractivity contribution in [3.05, 3.63) is 47.1 Å². The Labute approximate surface area is 207 Å². The second kappa shape index (κ2) is 10.6. The fourth-order valence-corrected chi connectivity index (χ4v) is 5.20. The van der Waals surface area contributed by atoms with Crippen molar-refractivity contribution >= 4 is 28.0 Å². The molecule has 0 saturated carbocycles. The Morgan fingerprint density at radius 1 is 1.15 bits per heavy atom. The van der Waals surface area contributed by atoms with E-state index >= 15 is 4.39 Å². The van der Waals surface area contributed by atoms with E-state index in [2.05, 4.69) is 30.5 Å². The van der Waals surface area contributed by atoms with Crippen molar-refractivity contribution in [3.63, 3.8) is 0 Å². The monoisotopic (exact) mass is 504 g/mol. The molecule has 9 heteroatoms. The second-order valence-corrected chi connectivity index (χ2v) is 12.2. The van der Waals surface area contributed by atoms with Gasteiger partial charge in [0.2, 0.25) is 0 Å². The van der Waals surface area contributed by atoms with Crippen LogP contribution in [0.1, 0.15) is 65.2 Å². The molecule has 1 aromatic carbocycles. The molecule has 3 rings (SSSR count). The highest BCUT2D eigenvalue weighted by atomic mass is 32.2. The van der Waals surface area contributed by atoms with Gasteiger partial charge in [-0.25, -0.2) is 23.6 Å². The lowest BCUT2D eigenvalue weighted by molar-refractivity contribution is 0.0708. The Kier molecular flexibility index (Phi) is 8.21. The Hall–Kier alpha value is -2.23. The molecule has 34 heavy (non-hydrogen) atoms. The van der Waals surface area contributed by atoms with Crippen LogP contribution in [0.25, 0.3) is 21.8 Å². The van der Waals surface area contributed by atoms with E-state index in [4.69, 9.17) is 9.97 Å². The van der Waals surface area contributed by atoms with E-state index in [1.54, 1.807) is 44.3 Å². The number of hydrogen-bond donors (Lipinski definition) is 2. The Morgan fingerprint density at radius 3 is 2.53 bits per heavy atom. The highest BCUT2D eigenvalue weighted by Crippen LogP contribution is 2.41. The topological polar surface area (TPSA) is 88.0 Å². The van der Waals surface area contributed by atoms with E-state index in [9.17, 15) is 9.32 Å². The number of nitrogens with one attached hydrogen (secondary N) is 1. The molecule has 6 nitrogen and oxygen atoms in total. The van der Waals surface area contributed by atoms with Crippen LogP contribution in [0.15, 0.2) is 30.5 Å². The Balaban J connectivity index is 2.09. The van der Waals surface area contributed by atoms with Gasteiger partial charge in [0.1, 0.15) is 16.8 Å². The molecule has 0 radical (unpaired) electrons. The minimum absolute atomic E-state index is 0.189. The van der Waals surface area contributed by atoms with Gasteiger partial charge in [0, 0.05) is 29.3 Å². The van der Waals surface area contributed by atoms with Crippen LogP contribution in [0.4, 0.5) is 10.1 Å². The number of hydrogen-bond acceptors (Lipinski definition) is 6. The van der Waals surface area contributed by atoms with Crippen molar-refractivity contribution in [1.82, 2.24) is 15.0 Å². The third-order valence-electron chi connectivity index (χ3n) is 5.03. The molecule has 3 aromatic rings. The molecular formula is C25H33FN4O2S2. The first-order valence-electron chi connectivity index (χ1n) is 11.4. The maximum atomic E-state index is 15.6. The molecule has 1 unspecified atom stereocenters. The van der Waals surface area contributed by atoms with Gasteiger partial charge in [0.25, 0.3) is 0 Å². The van der Waals surface area contributed by atoms with E-state index in [1.807, 2.05) is 6.92 Å². The third kappa shape index (κ3) is 6.67. The fourth-order valence-electron chi connectivity index (χ4n) is 3.21. The molecule has 2 heterocycles. The van der Waals surface area contributed by atoms with Gasteiger partial charge in [-0.3, -0.25) is 0 Å². The summed E-state index contributed by atoms with van der Waals surface area (Å²) in [5, 5.41) is 10.9. The zero-order valence-electron chi connectivity index (χ0n) is 20.6. The minimum Gasteiger partial charge on any atom is -0.390 e. The lowest BCUT2D eigenvalue weighted by atomic mass is 9.98. The smallest absolute Gasteiger partial charge is 0.156 e. The number of anilines is 1. The van der Waals surface area contributed by atoms with Crippen molar-refractivity contribution in [2.45, 2.75) is 71.8 Å². The fraction of sp³-hybridized carbons (Fsp3) is 0.480. The standard InChI is InChI=1S/C25H33FN4O2S2/c1-7-15-34(32)30-17-10-8-9-16(20(17)26)21-22(33-23(29-21)24(2,3)4)18-12-14-27-19(28-18)11-13-25(5,6)31/h8-10,12,14,30-31H,7,11,13,15H2,1-6H3. The van der Waals surface area contributed by atoms with Crippen LogP contribution in [0.2, 0.25) is 0 Å². The summed E-state index contributed by atoms with van der Waals surface area (Å²) in [5.41, 5.74) is 0.637. The van der Waals surface area contributed by atoms with Gasteiger partial charge >= 0.3 is 0 Å². The van der Waals surface area contributed by atoms with Crippen molar-refractivity contribution < 1.29 is 13.7 Å². The predicted molar refractivity (Wildman–Crippen MR) is 139 cm³/mol. The molecule has 0 aliphatic rings. The van der Waals surface area contributed by atoms with E-state index in [-0.39, 0.29) is 11.1 Å². The van der Waals surface area contributed by atoms with Crippen LogP contribution in [0.5, 0.6) is 0 Å². The van der Waals surface area contributed by atoms with Gasteiger partial charge in [-0.2, -0.15) is 0 Å². The van der Waals surface area contributed by atoms with Crippen LogP contribution in [-0.2, 0) is 22.8 Å². The maximum absolute atomic E-state index is 15.6. The number of thiazole rings is 1. The summed E-state index contributed by atoms with van der Waals surface area (Å²) < 4.78 is 30.6. The highest BCUT2D eigenvalue weighted by molar-refractivity contribution is 7.86. The average molecular weight is 505 g/mol. The molecule has 2 N–H and O–H groups in total. The molecule has 0 aliphatic carbocycles. The van der Waals surface area contributed by atoms with Crippen LogP contribution in [0.3, 0.4) is 0 Å². The molecule has 0 amide bonds. The largest absolute Gasteiger partial charge is 0.390 e. The van der Waals surface area contributed by atoms with Crippen molar-refractivity contribution in [1.29, 1.82) is 0 Å². The molecule has 1 atom stereocenters. The summed E-state index contributed by atoms with van der Waals surface area (Å²) in [7, 11) is -1.36. The quantitative estimate of drug-likeness (QED) is 0.379. The van der Waals surface area contributed by atoms with Crippen LogP contribution < -0.4 is 4.72 Å². The number of halogens is 1. The van der Waals surface area contributed by atoms with Gasteiger partial charge in [-0.1, -0.05) is 33.8 Å². The van der Waals surface area contributed by atoms with Gasteiger partial charge in [-0.05, 0) is 44.9 Å². The molecule has 0 aliphatic heterocycles. The lowest BCUT2D eigenvalue weighted by Gasteiger charge is -2.16. The summed E-state index contributed by atoms with van der Waals surface area (Å²) >= 11 is 1.49. The zero-order chi connectivity index (χ0) is 25.1. The minimum atomic E-state index is -1.36. The summed E-state index contributed by atoms with van der Waals surface area (Å²) in [5.74, 6) is 0.561. The first-order valence-corrected chi connectivity index (χ1v) is 13.5. The van der Waals surface area contributed by atoms with Crippen LogP contribution in [-0.4, -0.2) is 35.6 Å². The van der Waals surface area contributed by atoms with Crippen LogP contribution in [0, 0.1) is 5.82 Å². The molecule has 184 valence electrons. The summed E-state index contributed by atoms with van der Waals surface area (Å²) in [6, 6.07) is 6.80. The maximum Gasteiger partial charge on any atom is 0.156 e. The van der Waals surface area contributed by atoms with E-state index in [1.165, 1.54) is 11.3 Å². The Morgan fingerprint density at radius 2 is 1.88 bits per heavy atom. The number of aliphatic hydroxyl groups is 1. The normalized spacial score (nSPS) is 13.2. The van der Waals surface area contributed by atoms with Gasteiger partial charge in [0.15, 0.2) is 5.82 Å². The zero-order valence-corrected chi connectivity index (χ0v) is 22.2. The average Bonchev–Trinajstić information content (AvgIpc) is 3.19. The molecule has 2 aromatic heterocycles. The van der Waals surface area contributed by atoms with Gasteiger partial charge in [-0.15, -0.1) is 11.3 Å². The summed E-state index contributed by atoms with van der Waals surface area (Å²) in [6.07, 6.45) is 3.46. The SMILES string of the molecule is CCCS(=O)Nc1cccc(-c2nc(C(C)(C)C)sc2-c2ccnc(CCC(C)(C)O)n2)c1F.